The molecular formula is C18H17ClN2O3. The fraction of sp³-hybridized carbons (Fsp3) is 0.222. The van der Waals surface area contributed by atoms with Crippen LogP contribution in [0.25, 0.3) is 0 Å². The smallest absolute Gasteiger partial charge is 0.265 e. The van der Waals surface area contributed by atoms with Crippen molar-refractivity contribution in [3.63, 3.8) is 0 Å². The van der Waals surface area contributed by atoms with Crippen molar-refractivity contribution in [2.45, 2.75) is 13.5 Å². The summed E-state index contributed by atoms with van der Waals surface area (Å²) < 4.78 is 5.48. The van der Waals surface area contributed by atoms with Gasteiger partial charge in [-0.25, -0.2) is 0 Å². The van der Waals surface area contributed by atoms with Crippen LogP contribution in [0.5, 0.6) is 5.75 Å². The van der Waals surface area contributed by atoms with E-state index in [2.05, 4.69) is 5.32 Å². The summed E-state index contributed by atoms with van der Waals surface area (Å²) >= 11 is 5.52. The first-order chi connectivity index (χ1) is 11.6. The Morgan fingerprint density at radius 2 is 2.00 bits per heavy atom. The summed E-state index contributed by atoms with van der Waals surface area (Å²) in [6, 6.07) is 13.2. The van der Waals surface area contributed by atoms with E-state index in [1.165, 1.54) is 5.56 Å². The van der Waals surface area contributed by atoms with Crippen LogP contribution in [0.15, 0.2) is 42.5 Å². The molecule has 24 heavy (non-hydrogen) atoms. The minimum atomic E-state index is -0.301. The van der Waals surface area contributed by atoms with Crippen LogP contribution in [0, 0.1) is 6.92 Å². The van der Waals surface area contributed by atoms with Crippen molar-refractivity contribution in [1.82, 2.24) is 0 Å². The van der Waals surface area contributed by atoms with Gasteiger partial charge in [-0.2, -0.15) is 0 Å². The van der Waals surface area contributed by atoms with E-state index in [4.69, 9.17) is 16.3 Å². The van der Waals surface area contributed by atoms with Crippen LogP contribution in [-0.4, -0.2) is 24.3 Å². The summed E-state index contributed by atoms with van der Waals surface area (Å²) in [7, 11) is 0. The highest BCUT2D eigenvalue weighted by Gasteiger charge is 2.26. The third-order valence-corrected chi connectivity index (χ3v) is 4.01. The van der Waals surface area contributed by atoms with Gasteiger partial charge in [0.25, 0.3) is 5.91 Å². The largest absolute Gasteiger partial charge is 0.482 e. The number of hydrogen-bond acceptors (Lipinski definition) is 3. The zero-order valence-electron chi connectivity index (χ0n) is 13.2. The number of amides is 2. The Bertz CT molecular complexity index is 774. The van der Waals surface area contributed by atoms with Gasteiger partial charge in [-0.15, -0.1) is 11.6 Å². The number of carbonyl (C=O) groups excluding carboxylic acids is 2. The first-order valence-electron chi connectivity index (χ1n) is 7.55. The zero-order chi connectivity index (χ0) is 17.1. The Balaban J connectivity index is 1.90. The summed E-state index contributed by atoms with van der Waals surface area (Å²) in [4.78, 5) is 25.4. The first kappa shape index (κ1) is 16.3. The topological polar surface area (TPSA) is 58.6 Å². The summed E-state index contributed by atoms with van der Waals surface area (Å²) in [5, 5.41) is 2.68. The lowest BCUT2D eigenvalue weighted by molar-refractivity contribution is -0.121. The van der Waals surface area contributed by atoms with Crippen LogP contribution in [0.2, 0.25) is 0 Å². The molecule has 0 aromatic heterocycles. The maximum atomic E-state index is 12.3. The van der Waals surface area contributed by atoms with Gasteiger partial charge in [0.05, 0.1) is 12.2 Å². The van der Waals surface area contributed by atoms with Gasteiger partial charge in [-0.1, -0.05) is 29.8 Å². The van der Waals surface area contributed by atoms with Gasteiger partial charge >= 0.3 is 0 Å². The number of halogens is 1. The normalized spacial score (nSPS) is 13.2. The molecule has 0 atom stereocenters. The third-order valence-electron chi connectivity index (χ3n) is 3.77. The summed E-state index contributed by atoms with van der Waals surface area (Å²) in [6.45, 7) is 2.47. The number of rotatable bonds is 4. The highest BCUT2D eigenvalue weighted by atomic mass is 35.5. The molecule has 124 valence electrons. The molecule has 0 aliphatic carbocycles. The van der Waals surface area contributed by atoms with Crippen molar-refractivity contribution >= 4 is 34.8 Å². The zero-order valence-corrected chi connectivity index (χ0v) is 14.0. The van der Waals surface area contributed by atoms with Gasteiger partial charge < -0.3 is 15.0 Å². The predicted octanol–water partition coefficient (Wildman–Crippen LogP) is 3.10. The molecule has 0 unspecified atom stereocenters. The van der Waals surface area contributed by atoms with Gasteiger partial charge in [0, 0.05) is 5.69 Å². The van der Waals surface area contributed by atoms with E-state index in [-0.39, 0.29) is 24.3 Å². The van der Waals surface area contributed by atoms with Crippen molar-refractivity contribution in [2.24, 2.45) is 0 Å². The quantitative estimate of drug-likeness (QED) is 0.867. The van der Waals surface area contributed by atoms with Crippen LogP contribution >= 0.6 is 11.6 Å². The summed E-state index contributed by atoms with van der Waals surface area (Å²) in [5.74, 6) is 0.0683. The number of fused-ring (bicyclic) bond motifs is 1. The average Bonchev–Trinajstić information content (AvgIpc) is 2.59. The van der Waals surface area contributed by atoms with Crippen molar-refractivity contribution < 1.29 is 14.3 Å². The molecule has 3 rings (SSSR count). The molecule has 0 saturated heterocycles. The molecule has 1 N–H and O–H groups in total. The molecule has 2 aromatic carbocycles. The number of aryl methyl sites for hydroxylation is 1. The Hall–Kier alpha value is -2.53. The second-order valence-electron chi connectivity index (χ2n) is 5.62. The molecule has 2 amide bonds. The lowest BCUT2D eigenvalue weighted by Crippen LogP contribution is -2.38. The standard InChI is InChI=1S/C18H17ClN2O3/c1-12-2-4-13(5-3-12)10-21-15-8-14(20-17(22)9-19)6-7-16(15)24-11-18(21)23/h2-8H,9-11H2,1H3,(H,20,22). The number of anilines is 2. The first-order valence-corrected chi connectivity index (χ1v) is 8.09. The molecule has 1 aliphatic rings. The molecule has 0 radical (unpaired) electrons. The van der Waals surface area contributed by atoms with Crippen molar-refractivity contribution in [2.75, 3.05) is 22.7 Å². The number of benzene rings is 2. The highest BCUT2D eigenvalue weighted by molar-refractivity contribution is 6.29. The molecular weight excluding hydrogens is 328 g/mol. The van der Waals surface area contributed by atoms with E-state index in [1.807, 2.05) is 31.2 Å². The van der Waals surface area contributed by atoms with E-state index in [9.17, 15) is 9.59 Å². The Kier molecular flexibility index (Phi) is 4.71. The van der Waals surface area contributed by atoms with Crippen molar-refractivity contribution in [3.8, 4) is 5.75 Å². The van der Waals surface area contributed by atoms with Gasteiger partial charge in [0.1, 0.15) is 11.6 Å². The highest BCUT2D eigenvalue weighted by Crippen LogP contribution is 2.35. The Morgan fingerprint density at radius 3 is 2.71 bits per heavy atom. The SMILES string of the molecule is Cc1ccc(CN2C(=O)COc3ccc(NC(=O)CCl)cc32)cc1. The monoisotopic (exact) mass is 344 g/mol. The molecule has 6 heteroatoms. The van der Waals surface area contributed by atoms with Crippen molar-refractivity contribution in [1.29, 1.82) is 0 Å². The summed E-state index contributed by atoms with van der Waals surface area (Å²) in [6.07, 6.45) is 0. The molecule has 0 fully saturated rings. The number of carbonyl (C=O) groups is 2. The van der Waals surface area contributed by atoms with Crippen LogP contribution in [0.3, 0.4) is 0 Å². The Labute approximate surface area is 145 Å². The number of nitrogens with zero attached hydrogens (tertiary/aromatic N) is 1. The molecule has 0 saturated carbocycles. The molecule has 5 nitrogen and oxygen atoms in total. The minimum absolute atomic E-state index is 0.00620. The van der Waals surface area contributed by atoms with E-state index < -0.39 is 0 Å². The molecule has 0 spiro atoms. The fourth-order valence-electron chi connectivity index (χ4n) is 2.52. The van der Waals surface area contributed by atoms with Crippen LogP contribution < -0.4 is 15.0 Å². The second-order valence-corrected chi connectivity index (χ2v) is 5.89. The maximum absolute atomic E-state index is 12.3. The fourth-order valence-corrected chi connectivity index (χ4v) is 2.59. The molecule has 1 heterocycles. The van der Waals surface area contributed by atoms with Gasteiger partial charge in [-0.05, 0) is 30.7 Å². The number of ether oxygens (including phenoxy) is 1. The van der Waals surface area contributed by atoms with E-state index in [0.29, 0.717) is 23.7 Å². The molecule has 2 aromatic rings. The van der Waals surface area contributed by atoms with Gasteiger partial charge in [0.2, 0.25) is 5.91 Å². The predicted molar refractivity (Wildman–Crippen MR) is 93.7 cm³/mol. The maximum Gasteiger partial charge on any atom is 0.265 e. The van der Waals surface area contributed by atoms with Gasteiger partial charge in [-0.3, -0.25) is 9.59 Å². The van der Waals surface area contributed by atoms with Crippen molar-refractivity contribution in [3.05, 3.63) is 53.6 Å². The number of hydrogen-bond donors (Lipinski definition) is 1. The number of nitrogens with one attached hydrogen (secondary N) is 1. The lowest BCUT2D eigenvalue weighted by Gasteiger charge is -2.30. The van der Waals surface area contributed by atoms with Gasteiger partial charge in [0.15, 0.2) is 6.61 Å². The van der Waals surface area contributed by atoms with E-state index in [0.717, 1.165) is 5.56 Å². The Morgan fingerprint density at radius 1 is 1.25 bits per heavy atom. The molecule has 1 aliphatic heterocycles. The average molecular weight is 345 g/mol. The van der Waals surface area contributed by atoms with Crippen LogP contribution in [-0.2, 0) is 16.1 Å². The molecule has 0 bridgehead atoms. The third kappa shape index (κ3) is 3.51. The van der Waals surface area contributed by atoms with Crippen LogP contribution in [0.4, 0.5) is 11.4 Å². The minimum Gasteiger partial charge on any atom is -0.482 e. The second kappa shape index (κ2) is 6.93. The lowest BCUT2D eigenvalue weighted by atomic mass is 10.1. The van der Waals surface area contributed by atoms with E-state index >= 15 is 0 Å². The summed E-state index contributed by atoms with van der Waals surface area (Å²) in [5.41, 5.74) is 3.40. The van der Waals surface area contributed by atoms with Crippen LogP contribution in [0.1, 0.15) is 11.1 Å². The number of alkyl halides is 1. The van der Waals surface area contributed by atoms with E-state index in [1.54, 1.807) is 23.1 Å².